The fourth-order valence-corrected chi connectivity index (χ4v) is 2.48. The van der Waals surface area contributed by atoms with E-state index >= 15 is 0 Å². The Kier molecular flexibility index (Phi) is 5.82. The Bertz CT molecular complexity index is 517. The fraction of sp³-hybridized carbons (Fsp3) is 0.368. The molecule has 2 nitrogen and oxygen atoms in total. The second kappa shape index (κ2) is 7.84. The van der Waals surface area contributed by atoms with E-state index in [0.717, 1.165) is 13.1 Å². The second-order valence-corrected chi connectivity index (χ2v) is 5.74. The third-order valence-corrected chi connectivity index (χ3v) is 3.55. The van der Waals surface area contributed by atoms with Crippen LogP contribution in [-0.4, -0.2) is 25.5 Å². The van der Waals surface area contributed by atoms with Crippen LogP contribution in [0.15, 0.2) is 54.6 Å². The van der Waals surface area contributed by atoms with Gasteiger partial charge in [-0.2, -0.15) is 0 Å². The quantitative estimate of drug-likeness (QED) is 0.727. The average molecular weight is 282 g/mol. The van der Waals surface area contributed by atoms with Crippen LogP contribution in [0.3, 0.4) is 0 Å². The minimum absolute atomic E-state index is 0.987. The van der Waals surface area contributed by atoms with Gasteiger partial charge in [0.1, 0.15) is 0 Å². The molecular formula is C19H26N2. The van der Waals surface area contributed by atoms with Crippen molar-refractivity contribution < 1.29 is 0 Å². The van der Waals surface area contributed by atoms with Crippen molar-refractivity contribution in [3.05, 3.63) is 60.2 Å². The van der Waals surface area contributed by atoms with Gasteiger partial charge < -0.3 is 9.80 Å². The number of nitrogens with zero attached hydrogens (tertiary/aromatic N) is 2. The number of hydrogen-bond donors (Lipinski definition) is 0. The van der Waals surface area contributed by atoms with E-state index in [1.807, 2.05) is 0 Å². The Morgan fingerprint density at radius 2 is 1.43 bits per heavy atom. The van der Waals surface area contributed by atoms with Crippen LogP contribution < -0.4 is 4.90 Å². The lowest BCUT2D eigenvalue weighted by Gasteiger charge is -2.25. The summed E-state index contributed by atoms with van der Waals surface area (Å²) in [6, 6.07) is 19.6. The zero-order valence-electron chi connectivity index (χ0n) is 13.4. The molecule has 112 valence electrons. The molecule has 0 spiro atoms. The molecule has 0 radical (unpaired) electrons. The van der Waals surface area contributed by atoms with Crippen molar-refractivity contribution in [2.45, 2.75) is 26.3 Å². The SMILES string of the molecule is CCCCN(c1ccccc1)c1ccc(CN(C)C)cc1. The van der Waals surface area contributed by atoms with Crippen molar-refractivity contribution in [2.24, 2.45) is 0 Å². The van der Waals surface area contributed by atoms with Crippen molar-refractivity contribution in [2.75, 3.05) is 25.5 Å². The summed E-state index contributed by atoms with van der Waals surface area (Å²) in [7, 11) is 4.21. The molecule has 0 aliphatic carbocycles. The van der Waals surface area contributed by atoms with Gasteiger partial charge in [-0.1, -0.05) is 43.7 Å². The van der Waals surface area contributed by atoms with Gasteiger partial charge in [0, 0.05) is 24.5 Å². The first-order valence-electron chi connectivity index (χ1n) is 7.77. The van der Waals surface area contributed by atoms with Gasteiger partial charge in [-0.05, 0) is 50.3 Å². The van der Waals surface area contributed by atoms with Crippen LogP contribution in [0.4, 0.5) is 11.4 Å². The highest BCUT2D eigenvalue weighted by Crippen LogP contribution is 2.26. The van der Waals surface area contributed by atoms with Gasteiger partial charge in [0.25, 0.3) is 0 Å². The van der Waals surface area contributed by atoms with E-state index in [2.05, 4.69) is 85.4 Å². The lowest BCUT2D eigenvalue weighted by atomic mass is 10.1. The summed E-state index contributed by atoms with van der Waals surface area (Å²) >= 11 is 0. The largest absolute Gasteiger partial charge is 0.341 e. The summed E-state index contributed by atoms with van der Waals surface area (Å²) in [4.78, 5) is 4.60. The minimum Gasteiger partial charge on any atom is -0.341 e. The summed E-state index contributed by atoms with van der Waals surface area (Å²) in [6.45, 7) is 4.29. The number of benzene rings is 2. The number of hydrogen-bond acceptors (Lipinski definition) is 2. The Morgan fingerprint density at radius 3 is 2.00 bits per heavy atom. The fourth-order valence-electron chi connectivity index (χ4n) is 2.48. The lowest BCUT2D eigenvalue weighted by molar-refractivity contribution is 0.402. The number of rotatable bonds is 7. The Labute approximate surface area is 129 Å². The van der Waals surface area contributed by atoms with Crippen molar-refractivity contribution in [3.8, 4) is 0 Å². The summed E-state index contributed by atoms with van der Waals surface area (Å²) in [5, 5.41) is 0. The third-order valence-electron chi connectivity index (χ3n) is 3.55. The zero-order chi connectivity index (χ0) is 15.1. The highest BCUT2D eigenvalue weighted by molar-refractivity contribution is 5.63. The first-order chi connectivity index (χ1) is 10.2. The summed E-state index contributed by atoms with van der Waals surface area (Å²) in [5.74, 6) is 0. The molecule has 0 atom stereocenters. The summed E-state index contributed by atoms with van der Waals surface area (Å²) in [6.07, 6.45) is 2.41. The minimum atomic E-state index is 0.987. The van der Waals surface area contributed by atoms with Crippen LogP contribution in [0.1, 0.15) is 25.3 Å². The molecule has 0 saturated carbocycles. The van der Waals surface area contributed by atoms with Gasteiger partial charge in [0.2, 0.25) is 0 Å². The van der Waals surface area contributed by atoms with Crippen molar-refractivity contribution in [1.82, 2.24) is 4.90 Å². The van der Waals surface area contributed by atoms with E-state index in [4.69, 9.17) is 0 Å². The monoisotopic (exact) mass is 282 g/mol. The van der Waals surface area contributed by atoms with Crippen LogP contribution in [0.25, 0.3) is 0 Å². The maximum Gasteiger partial charge on any atom is 0.0410 e. The van der Waals surface area contributed by atoms with Gasteiger partial charge in [-0.15, -0.1) is 0 Å². The zero-order valence-corrected chi connectivity index (χ0v) is 13.4. The van der Waals surface area contributed by atoms with Gasteiger partial charge >= 0.3 is 0 Å². The van der Waals surface area contributed by atoms with Crippen molar-refractivity contribution in [1.29, 1.82) is 0 Å². The molecule has 0 aliphatic heterocycles. The van der Waals surface area contributed by atoms with E-state index in [9.17, 15) is 0 Å². The standard InChI is InChI=1S/C19H26N2/c1-4-5-15-21(18-9-7-6-8-10-18)19-13-11-17(12-14-19)16-20(2)3/h6-14H,4-5,15-16H2,1-3H3. The van der Waals surface area contributed by atoms with Gasteiger partial charge in [-0.25, -0.2) is 0 Å². The van der Waals surface area contributed by atoms with Crippen molar-refractivity contribution in [3.63, 3.8) is 0 Å². The molecule has 21 heavy (non-hydrogen) atoms. The molecule has 2 aromatic carbocycles. The predicted octanol–water partition coefficient (Wildman–Crippen LogP) is 4.69. The molecule has 0 saturated heterocycles. The van der Waals surface area contributed by atoms with E-state index in [1.165, 1.54) is 29.8 Å². The molecule has 0 aliphatic rings. The summed E-state index contributed by atoms with van der Waals surface area (Å²) in [5.41, 5.74) is 3.90. The van der Waals surface area contributed by atoms with E-state index in [0.29, 0.717) is 0 Å². The highest BCUT2D eigenvalue weighted by atomic mass is 15.1. The van der Waals surface area contributed by atoms with Crippen LogP contribution in [0.5, 0.6) is 0 Å². The topological polar surface area (TPSA) is 6.48 Å². The Hall–Kier alpha value is -1.80. The molecule has 0 N–H and O–H groups in total. The smallest absolute Gasteiger partial charge is 0.0410 e. The van der Waals surface area contributed by atoms with Crippen LogP contribution >= 0.6 is 0 Å². The first kappa shape index (κ1) is 15.6. The van der Waals surface area contributed by atoms with Gasteiger partial charge in [0.15, 0.2) is 0 Å². The van der Waals surface area contributed by atoms with E-state index in [1.54, 1.807) is 0 Å². The number of para-hydroxylation sites is 1. The van der Waals surface area contributed by atoms with Gasteiger partial charge in [-0.3, -0.25) is 0 Å². The van der Waals surface area contributed by atoms with E-state index in [-0.39, 0.29) is 0 Å². The molecular weight excluding hydrogens is 256 g/mol. The molecule has 0 unspecified atom stereocenters. The molecule has 2 heteroatoms. The first-order valence-corrected chi connectivity index (χ1v) is 7.77. The highest BCUT2D eigenvalue weighted by Gasteiger charge is 2.08. The van der Waals surface area contributed by atoms with Crippen LogP contribution in [-0.2, 0) is 6.54 Å². The molecule has 0 bridgehead atoms. The molecule has 2 rings (SSSR count). The normalized spacial score (nSPS) is 10.9. The molecule has 0 amide bonds. The van der Waals surface area contributed by atoms with Crippen molar-refractivity contribution >= 4 is 11.4 Å². The maximum atomic E-state index is 2.41. The maximum absolute atomic E-state index is 2.41. The average Bonchev–Trinajstić information content (AvgIpc) is 2.50. The summed E-state index contributed by atoms with van der Waals surface area (Å²) < 4.78 is 0. The van der Waals surface area contributed by atoms with Crippen LogP contribution in [0, 0.1) is 0 Å². The molecule has 0 fully saturated rings. The van der Waals surface area contributed by atoms with Gasteiger partial charge in [0.05, 0.1) is 0 Å². The lowest BCUT2D eigenvalue weighted by Crippen LogP contribution is -2.18. The third kappa shape index (κ3) is 4.61. The van der Waals surface area contributed by atoms with Crippen LogP contribution in [0.2, 0.25) is 0 Å². The second-order valence-electron chi connectivity index (χ2n) is 5.74. The molecule has 0 heterocycles. The van der Waals surface area contributed by atoms with E-state index < -0.39 is 0 Å². The Morgan fingerprint density at radius 1 is 0.810 bits per heavy atom. The predicted molar refractivity (Wildman–Crippen MR) is 92.2 cm³/mol. The number of unbranched alkanes of at least 4 members (excludes halogenated alkanes) is 1. The molecule has 2 aromatic rings. The number of anilines is 2. The Balaban J connectivity index is 2.20. The molecule has 0 aromatic heterocycles.